The fraction of sp³-hybridized carbons (Fsp3) is 0.637. The van der Waals surface area contributed by atoms with E-state index >= 15 is 0 Å². The minimum atomic E-state index is -4.95. The average molecular weight is 1560 g/mol. The highest BCUT2D eigenvalue weighted by Crippen LogP contribution is 2.45. The molecular weight excluding hydrogens is 1410 g/mol. The summed E-state index contributed by atoms with van der Waals surface area (Å²) in [4.78, 5) is 58.8. The van der Waals surface area contributed by atoms with Crippen LogP contribution in [0.4, 0.5) is 0 Å². The van der Waals surface area contributed by atoms with Crippen LogP contribution in [-0.4, -0.2) is 95.9 Å². The SMILES string of the molecule is CC/C=C\C/C=C\C/C=C\C/C=C\C/C=C\CCCCCCCCCCCCCCCC(=O)OCC(O)COP(=O)(O)OCC(O)COP(=O)(O)OCC(COC(=O)CCCCCCCCC/C=C\C/C=C\C/C=C\C/C=C\C/C=C\CC)OC(=O)CCCCCCC/C=C\C/C=C\C/C=C\C/C=C\C/C=C\CC. The van der Waals surface area contributed by atoms with Gasteiger partial charge in [-0.05, 0) is 154 Å². The Morgan fingerprint density at radius 1 is 0.257 bits per heavy atom. The van der Waals surface area contributed by atoms with Gasteiger partial charge in [0.1, 0.15) is 25.4 Å². The van der Waals surface area contributed by atoms with Crippen molar-refractivity contribution in [2.45, 2.75) is 334 Å². The molecule has 0 rings (SSSR count). The lowest BCUT2D eigenvalue weighted by atomic mass is 10.0. The number of carbonyl (C=O) groups excluding carboxylic acids is 3. The molecule has 0 heterocycles. The van der Waals surface area contributed by atoms with Crippen molar-refractivity contribution in [3.8, 4) is 0 Å². The number of ether oxygens (including phenoxy) is 3. The van der Waals surface area contributed by atoms with Crippen molar-refractivity contribution >= 4 is 33.6 Å². The molecule has 5 atom stereocenters. The van der Waals surface area contributed by atoms with Crippen LogP contribution in [0.15, 0.2) is 182 Å². The summed E-state index contributed by atoms with van der Waals surface area (Å²) in [5.41, 5.74) is 0. The van der Waals surface area contributed by atoms with Crippen LogP contribution in [0.1, 0.15) is 316 Å². The van der Waals surface area contributed by atoms with E-state index < -0.39 is 91.5 Å². The standard InChI is InChI=1S/C91H150O16P2/c1-4-7-10-13-16-19-22-25-28-31-34-37-39-40-41-42-43-44-46-49-50-53-56-59-62-65-68-71-74-77-89(94)101-80-86(92)81-103-108(97,98)104-82-87(93)83-105-109(99,100)106-85-88(107-91(96)79-76-73-70-67-64-61-58-55-52-47-36-33-30-27-24-21-18-15-12-9-6-3)84-102-90(95)78-75-72-69-66-63-60-57-54-51-48-45-38-35-32-29-26-23-20-17-14-11-8-5-2/h7-12,16-21,25-30,34-38,40-41,47-48,51,55,58,86-88,92-93H,4-6,13-15,22-24,31-33,39,42-46,49-50,52-54,56-57,59-85H2,1-3H3,(H,97,98)(H,99,100)/b10-7-,11-8-,12-9-,19-16-,20-17-,21-18-,28-25-,29-26-,30-27-,37-34-,38-35-,41-40-,47-36-,51-48-,58-55-. The second kappa shape index (κ2) is 82.1. The van der Waals surface area contributed by atoms with Gasteiger partial charge in [0.25, 0.3) is 0 Å². The quantitative estimate of drug-likeness (QED) is 0.0146. The molecular formula is C91H150O16P2. The van der Waals surface area contributed by atoms with Crippen molar-refractivity contribution in [3.05, 3.63) is 182 Å². The third-order valence-electron chi connectivity index (χ3n) is 17.1. The lowest BCUT2D eigenvalue weighted by Crippen LogP contribution is -2.30. The van der Waals surface area contributed by atoms with Crippen LogP contribution in [0.5, 0.6) is 0 Å². The monoisotopic (exact) mass is 1560 g/mol. The number of carbonyl (C=O) groups is 3. The molecule has 0 saturated carbocycles. The highest BCUT2D eigenvalue weighted by molar-refractivity contribution is 7.47. The number of rotatable bonds is 78. The Kier molecular flexibility index (Phi) is 78.1. The second-order valence-electron chi connectivity index (χ2n) is 27.5. The van der Waals surface area contributed by atoms with Crippen LogP contribution >= 0.6 is 15.6 Å². The Morgan fingerprint density at radius 2 is 0.459 bits per heavy atom. The number of hydrogen-bond acceptors (Lipinski definition) is 14. The van der Waals surface area contributed by atoms with Crippen molar-refractivity contribution in [1.29, 1.82) is 0 Å². The van der Waals surface area contributed by atoms with E-state index in [9.17, 15) is 43.5 Å². The minimum absolute atomic E-state index is 0.0731. The molecule has 109 heavy (non-hydrogen) atoms. The third kappa shape index (κ3) is 83.4. The van der Waals surface area contributed by atoms with Gasteiger partial charge in [-0.2, -0.15) is 0 Å². The largest absolute Gasteiger partial charge is 0.472 e. The molecule has 4 N–H and O–H groups in total. The fourth-order valence-electron chi connectivity index (χ4n) is 10.8. The maximum atomic E-state index is 13.0. The number of allylic oxidation sites excluding steroid dienone is 30. The number of hydrogen-bond donors (Lipinski definition) is 4. The van der Waals surface area contributed by atoms with Crippen molar-refractivity contribution < 1.29 is 75.8 Å². The lowest BCUT2D eigenvalue weighted by molar-refractivity contribution is -0.161. The highest BCUT2D eigenvalue weighted by Gasteiger charge is 2.29. The summed E-state index contributed by atoms with van der Waals surface area (Å²) in [5, 5.41) is 20.7. The van der Waals surface area contributed by atoms with Gasteiger partial charge in [-0.1, -0.05) is 325 Å². The normalized spacial score (nSPS) is 14.8. The minimum Gasteiger partial charge on any atom is -0.463 e. The maximum Gasteiger partial charge on any atom is 0.472 e. The van der Waals surface area contributed by atoms with Gasteiger partial charge in [0.05, 0.1) is 26.4 Å². The van der Waals surface area contributed by atoms with Crippen LogP contribution in [0, 0.1) is 0 Å². The molecule has 5 unspecified atom stereocenters. The Morgan fingerprint density at radius 3 is 0.725 bits per heavy atom. The smallest absolute Gasteiger partial charge is 0.463 e. The molecule has 0 aromatic rings. The van der Waals surface area contributed by atoms with E-state index in [0.717, 1.165) is 199 Å². The Bertz CT molecular complexity index is 2710. The number of phosphoric acid groups is 2. The molecule has 0 aromatic carbocycles. The van der Waals surface area contributed by atoms with E-state index in [1.165, 1.54) is 57.8 Å². The number of phosphoric ester groups is 2. The van der Waals surface area contributed by atoms with E-state index in [1.54, 1.807) is 0 Å². The topological polar surface area (TPSA) is 231 Å². The molecule has 0 fully saturated rings. The maximum absolute atomic E-state index is 13.0. The molecule has 0 spiro atoms. The molecule has 18 heteroatoms. The fourth-order valence-corrected chi connectivity index (χ4v) is 12.4. The van der Waals surface area contributed by atoms with E-state index in [0.29, 0.717) is 19.3 Å². The first kappa shape index (κ1) is 104. The predicted octanol–water partition coefficient (Wildman–Crippen LogP) is 25.3. The number of aliphatic hydroxyl groups excluding tert-OH is 2. The van der Waals surface area contributed by atoms with E-state index in [4.69, 9.17) is 32.3 Å². The van der Waals surface area contributed by atoms with Crippen molar-refractivity contribution in [3.63, 3.8) is 0 Å². The molecule has 0 aromatic heterocycles. The summed E-state index contributed by atoms with van der Waals surface area (Å²) in [5.74, 6) is -1.62. The molecule has 16 nitrogen and oxygen atoms in total. The van der Waals surface area contributed by atoms with Crippen LogP contribution < -0.4 is 0 Å². The Balaban J connectivity index is 4.65. The van der Waals surface area contributed by atoms with Crippen molar-refractivity contribution in [2.24, 2.45) is 0 Å². The van der Waals surface area contributed by atoms with Crippen LogP contribution in [0.3, 0.4) is 0 Å². The van der Waals surface area contributed by atoms with Gasteiger partial charge in [0, 0.05) is 19.3 Å². The van der Waals surface area contributed by atoms with E-state index in [1.807, 2.05) is 0 Å². The summed E-state index contributed by atoms with van der Waals surface area (Å²) in [6.07, 6.45) is 106. The summed E-state index contributed by atoms with van der Waals surface area (Å²) >= 11 is 0. The van der Waals surface area contributed by atoms with Gasteiger partial charge in [-0.3, -0.25) is 32.5 Å². The number of unbranched alkanes of at least 4 members (excludes halogenated alkanes) is 25. The van der Waals surface area contributed by atoms with Gasteiger partial charge >= 0.3 is 33.6 Å². The van der Waals surface area contributed by atoms with Crippen LogP contribution in [0.2, 0.25) is 0 Å². The molecule has 0 aliphatic heterocycles. The van der Waals surface area contributed by atoms with Gasteiger partial charge in [0.15, 0.2) is 6.10 Å². The lowest BCUT2D eigenvalue weighted by Gasteiger charge is -2.21. The summed E-state index contributed by atoms with van der Waals surface area (Å²) in [6, 6.07) is 0. The molecule has 0 amide bonds. The van der Waals surface area contributed by atoms with Gasteiger partial charge in [0.2, 0.25) is 0 Å². The molecule has 0 bridgehead atoms. The number of aliphatic hydroxyl groups is 2. The molecule has 0 aliphatic carbocycles. The number of esters is 3. The summed E-state index contributed by atoms with van der Waals surface area (Å²) in [7, 11) is -9.82. The zero-order valence-electron chi connectivity index (χ0n) is 67.9. The van der Waals surface area contributed by atoms with E-state index in [-0.39, 0.29) is 19.3 Å². The summed E-state index contributed by atoms with van der Waals surface area (Å²) in [6.45, 7) is 2.31. The van der Waals surface area contributed by atoms with E-state index in [2.05, 4.69) is 203 Å². The first-order chi connectivity index (χ1) is 53.2. The van der Waals surface area contributed by atoms with Crippen LogP contribution in [-0.2, 0) is 55.8 Å². The van der Waals surface area contributed by atoms with Gasteiger partial charge in [-0.25, -0.2) is 9.13 Å². The molecule has 0 saturated heterocycles. The zero-order chi connectivity index (χ0) is 79.4. The highest BCUT2D eigenvalue weighted by atomic mass is 31.2. The van der Waals surface area contributed by atoms with Crippen LogP contribution in [0.25, 0.3) is 0 Å². The van der Waals surface area contributed by atoms with Crippen molar-refractivity contribution in [2.75, 3.05) is 39.6 Å². The Labute approximate surface area is 662 Å². The Hall–Kier alpha value is -5.35. The zero-order valence-corrected chi connectivity index (χ0v) is 69.7. The first-order valence-electron chi connectivity index (χ1n) is 42.1. The molecule has 0 radical (unpaired) electrons. The first-order valence-corrected chi connectivity index (χ1v) is 45.1. The van der Waals surface area contributed by atoms with Gasteiger partial charge < -0.3 is 34.2 Å². The third-order valence-corrected chi connectivity index (χ3v) is 19.0. The molecule has 620 valence electrons. The average Bonchev–Trinajstić information content (AvgIpc) is 0.905. The van der Waals surface area contributed by atoms with Crippen molar-refractivity contribution in [1.82, 2.24) is 0 Å². The predicted molar refractivity (Wildman–Crippen MR) is 454 cm³/mol. The second-order valence-corrected chi connectivity index (χ2v) is 30.4. The molecule has 0 aliphatic rings. The summed E-state index contributed by atoms with van der Waals surface area (Å²) < 4.78 is 61.3. The van der Waals surface area contributed by atoms with Gasteiger partial charge in [-0.15, -0.1) is 0 Å².